The first-order valence-electron chi connectivity index (χ1n) is 5.11. The molecule has 1 aliphatic heterocycles. The van der Waals surface area contributed by atoms with E-state index in [0.717, 1.165) is 12.8 Å². The topological polar surface area (TPSA) is 63.6 Å². The maximum atomic E-state index is 11.5. The van der Waals surface area contributed by atoms with Crippen LogP contribution in [0.2, 0.25) is 0 Å². The molecule has 1 saturated heterocycles. The van der Waals surface area contributed by atoms with Crippen molar-refractivity contribution >= 4 is 11.9 Å². The van der Waals surface area contributed by atoms with Gasteiger partial charge in [0.25, 0.3) is 0 Å². The molecule has 0 spiro atoms. The predicted molar refractivity (Wildman–Crippen MR) is 54.3 cm³/mol. The van der Waals surface area contributed by atoms with Crippen LogP contribution >= 0.6 is 0 Å². The fraction of sp³-hybridized carbons (Fsp3) is 0.636. The zero-order valence-corrected chi connectivity index (χ0v) is 9.08. The van der Waals surface area contributed by atoms with E-state index in [0.29, 0.717) is 18.6 Å². The summed E-state index contributed by atoms with van der Waals surface area (Å²) < 4.78 is 5.00. The lowest BCUT2D eigenvalue weighted by molar-refractivity contribution is -0.146. The van der Waals surface area contributed by atoms with E-state index in [1.54, 1.807) is 6.92 Å². The van der Waals surface area contributed by atoms with Crippen molar-refractivity contribution in [3.63, 3.8) is 0 Å². The van der Waals surface area contributed by atoms with Crippen LogP contribution in [0.5, 0.6) is 0 Å². The average Bonchev–Trinajstić information content (AvgIpc) is 2.40. The Balaban J connectivity index is 2.89. The van der Waals surface area contributed by atoms with E-state index in [-0.39, 0.29) is 17.5 Å². The van der Waals surface area contributed by atoms with Crippen molar-refractivity contribution in [3.05, 3.63) is 11.1 Å². The Labute approximate surface area is 88.9 Å². The third-order valence-corrected chi connectivity index (χ3v) is 2.85. The molecule has 4 nitrogen and oxygen atoms in total. The summed E-state index contributed by atoms with van der Waals surface area (Å²) in [6.45, 7) is 3.67. The number of cyclic esters (lactones) is 1. The Morgan fingerprint density at radius 1 is 1.40 bits per heavy atom. The molecule has 0 aliphatic carbocycles. The number of hydrogen-bond acceptors (Lipinski definition) is 3. The molecule has 1 fully saturated rings. The Morgan fingerprint density at radius 3 is 2.67 bits per heavy atom. The predicted octanol–water partition coefficient (Wildman–Crippen LogP) is 1.75. The van der Waals surface area contributed by atoms with Crippen molar-refractivity contribution in [2.24, 2.45) is 5.92 Å². The largest absolute Gasteiger partial charge is 0.478 e. The van der Waals surface area contributed by atoms with Crippen molar-refractivity contribution in [2.75, 3.05) is 6.61 Å². The second-order valence-corrected chi connectivity index (χ2v) is 3.83. The second kappa shape index (κ2) is 4.96. The summed E-state index contributed by atoms with van der Waals surface area (Å²) in [7, 11) is 0. The maximum absolute atomic E-state index is 11.5. The van der Waals surface area contributed by atoms with Gasteiger partial charge in [-0.3, -0.25) is 4.79 Å². The van der Waals surface area contributed by atoms with Gasteiger partial charge in [0.05, 0.1) is 12.5 Å². The normalized spacial score (nSPS) is 23.9. The SMILES string of the molecule is CC(C(=O)O)=C(C)C1CCCCOC1=O. The van der Waals surface area contributed by atoms with E-state index in [1.165, 1.54) is 6.92 Å². The van der Waals surface area contributed by atoms with Gasteiger partial charge in [0, 0.05) is 5.57 Å². The first-order chi connectivity index (χ1) is 7.04. The minimum absolute atomic E-state index is 0.249. The molecule has 1 atom stereocenters. The molecule has 0 bridgehead atoms. The number of rotatable bonds is 2. The van der Waals surface area contributed by atoms with Gasteiger partial charge in [-0.2, -0.15) is 0 Å². The van der Waals surface area contributed by atoms with Gasteiger partial charge in [0.2, 0.25) is 0 Å². The number of esters is 1. The van der Waals surface area contributed by atoms with Gasteiger partial charge < -0.3 is 9.84 Å². The van der Waals surface area contributed by atoms with Crippen LogP contribution in [0.3, 0.4) is 0 Å². The zero-order valence-electron chi connectivity index (χ0n) is 9.08. The molecule has 0 saturated carbocycles. The lowest BCUT2D eigenvalue weighted by Crippen LogP contribution is -2.19. The van der Waals surface area contributed by atoms with Crippen LogP contribution in [0.25, 0.3) is 0 Å². The molecular weight excluding hydrogens is 196 g/mol. The third-order valence-electron chi connectivity index (χ3n) is 2.85. The molecule has 1 rings (SSSR count). The van der Waals surface area contributed by atoms with Crippen molar-refractivity contribution in [2.45, 2.75) is 33.1 Å². The molecule has 15 heavy (non-hydrogen) atoms. The number of hydrogen-bond donors (Lipinski definition) is 1. The van der Waals surface area contributed by atoms with E-state index in [4.69, 9.17) is 9.84 Å². The number of carbonyl (C=O) groups excluding carboxylic acids is 1. The van der Waals surface area contributed by atoms with E-state index in [1.807, 2.05) is 0 Å². The molecule has 0 amide bonds. The molecule has 0 aromatic heterocycles. The molecule has 1 unspecified atom stereocenters. The standard InChI is InChI=1S/C11H16O4/c1-7(8(2)10(12)13)9-5-3-4-6-15-11(9)14/h9H,3-6H2,1-2H3,(H,12,13). The number of carboxylic acids is 1. The van der Waals surface area contributed by atoms with Crippen LogP contribution in [-0.4, -0.2) is 23.7 Å². The highest BCUT2D eigenvalue weighted by Gasteiger charge is 2.26. The molecule has 0 aromatic carbocycles. The van der Waals surface area contributed by atoms with E-state index in [9.17, 15) is 9.59 Å². The number of carboxylic acid groups (broad SMARTS) is 1. The van der Waals surface area contributed by atoms with Gasteiger partial charge in [-0.05, 0) is 38.7 Å². The first kappa shape index (κ1) is 11.8. The minimum atomic E-state index is -0.968. The van der Waals surface area contributed by atoms with E-state index in [2.05, 4.69) is 0 Å². The fourth-order valence-electron chi connectivity index (χ4n) is 1.67. The summed E-state index contributed by atoms with van der Waals surface area (Å²) >= 11 is 0. The Kier molecular flexibility index (Phi) is 3.88. The quantitative estimate of drug-likeness (QED) is 0.559. The van der Waals surface area contributed by atoms with E-state index >= 15 is 0 Å². The fourth-order valence-corrected chi connectivity index (χ4v) is 1.67. The monoisotopic (exact) mass is 212 g/mol. The van der Waals surface area contributed by atoms with Crippen molar-refractivity contribution in [1.29, 1.82) is 0 Å². The summed E-state index contributed by atoms with van der Waals surface area (Å²) in [5.74, 6) is -1.63. The zero-order chi connectivity index (χ0) is 11.4. The molecule has 0 radical (unpaired) electrons. The van der Waals surface area contributed by atoms with Crippen LogP contribution in [0.15, 0.2) is 11.1 Å². The molecular formula is C11H16O4. The highest BCUT2D eigenvalue weighted by molar-refractivity contribution is 5.88. The summed E-state index contributed by atoms with van der Waals surface area (Å²) in [6, 6.07) is 0. The average molecular weight is 212 g/mol. The van der Waals surface area contributed by atoms with Crippen LogP contribution in [0, 0.1) is 5.92 Å². The molecule has 0 aromatic rings. The van der Waals surface area contributed by atoms with Crippen LogP contribution in [0.1, 0.15) is 33.1 Å². The second-order valence-electron chi connectivity index (χ2n) is 3.83. The lowest BCUT2D eigenvalue weighted by atomic mass is 9.92. The van der Waals surface area contributed by atoms with Gasteiger partial charge >= 0.3 is 11.9 Å². The van der Waals surface area contributed by atoms with Crippen LogP contribution in [-0.2, 0) is 14.3 Å². The highest BCUT2D eigenvalue weighted by Crippen LogP contribution is 2.25. The first-order valence-corrected chi connectivity index (χ1v) is 5.11. The summed E-state index contributed by atoms with van der Waals surface area (Å²) in [5.41, 5.74) is 0.869. The van der Waals surface area contributed by atoms with Crippen molar-refractivity contribution < 1.29 is 19.4 Å². The van der Waals surface area contributed by atoms with Crippen LogP contribution < -0.4 is 0 Å². The van der Waals surface area contributed by atoms with Crippen molar-refractivity contribution in [1.82, 2.24) is 0 Å². The van der Waals surface area contributed by atoms with Gasteiger partial charge in [-0.15, -0.1) is 0 Å². The maximum Gasteiger partial charge on any atom is 0.331 e. The lowest BCUT2D eigenvalue weighted by Gasteiger charge is -2.14. The molecule has 4 heteroatoms. The van der Waals surface area contributed by atoms with Gasteiger partial charge in [-0.25, -0.2) is 4.79 Å². The molecule has 1 aliphatic rings. The minimum Gasteiger partial charge on any atom is -0.478 e. The summed E-state index contributed by atoms with van der Waals surface area (Å²) in [4.78, 5) is 22.3. The smallest absolute Gasteiger partial charge is 0.331 e. The van der Waals surface area contributed by atoms with E-state index < -0.39 is 5.97 Å². The van der Waals surface area contributed by atoms with Crippen LogP contribution in [0.4, 0.5) is 0 Å². The Bertz CT molecular complexity index is 304. The molecule has 1 heterocycles. The summed E-state index contributed by atoms with van der Waals surface area (Å²) in [5, 5.41) is 8.83. The third kappa shape index (κ3) is 2.81. The van der Waals surface area contributed by atoms with Gasteiger partial charge in [-0.1, -0.05) is 0 Å². The Hall–Kier alpha value is -1.32. The highest BCUT2D eigenvalue weighted by atomic mass is 16.5. The number of ether oxygens (including phenoxy) is 1. The summed E-state index contributed by atoms with van der Waals surface area (Å²) in [6.07, 6.45) is 2.46. The van der Waals surface area contributed by atoms with Crippen molar-refractivity contribution in [3.8, 4) is 0 Å². The number of aliphatic carboxylic acids is 1. The molecule has 84 valence electrons. The Morgan fingerprint density at radius 2 is 2.07 bits per heavy atom. The van der Waals surface area contributed by atoms with Gasteiger partial charge in [0.1, 0.15) is 0 Å². The number of carbonyl (C=O) groups is 2. The van der Waals surface area contributed by atoms with Gasteiger partial charge in [0.15, 0.2) is 0 Å². The molecule has 1 N–H and O–H groups in total.